The number of pyridine rings is 1. The quantitative estimate of drug-likeness (QED) is 0.881. The molecule has 0 unspecified atom stereocenters. The van der Waals surface area contributed by atoms with Gasteiger partial charge in [-0.2, -0.15) is 5.10 Å². The summed E-state index contributed by atoms with van der Waals surface area (Å²) >= 11 is -1.15. The maximum absolute atomic E-state index is 12.9. The Balaban J connectivity index is 2.08. The molecule has 2 aromatic rings. The molecule has 0 bridgehead atoms. The van der Waals surface area contributed by atoms with E-state index in [9.17, 15) is 8.94 Å². The highest BCUT2D eigenvalue weighted by Crippen LogP contribution is 2.19. The van der Waals surface area contributed by atoms with Crippen molar-refractivity contribution in [1.82, 2.24) is 19.5 Å². The molecule has 0 spiro atoms. The van der Waals surface area contributed by atoms with Gasteiger partial charge in [0.1, 0.15) is 4.75 Å². The SMILES string of the molecule is C[C@H](N[S@@+]([O-])C(C)(C)C)c1ccc(-n2cc(F)cn2)nc1. The van der Waals surface area contributed by atoms with Gasteiger partial charge in [0.15, 0.2) is 11.6 Å². The van der Waals surface area contributed by atoms with Crippen LogP contribution in [0, 0.1) is 5.82 Å². The van der Waals surface area contributed by atoms with Gasteiger partial charge < -0.3 is 4.55 Å². The second kappa shape index (κ2) is 6.13. The van der Waals surface area contributed by atoms with Gasteiger partial charge in [-0.3, -0.25) is 0 Å². The van der Waals surface area contributed by atoms with Gasteiger partial charge in [-0.05, 0) is 39.3 Å². The molecular weight excluding hydrogens is 291 g/mol. The van der Waals surface area contributed by atoms with Gasteiger partial charge >= 0.3 is 0 Å². The molecule has 2 aromatic heterocycles. The van der Waals surface area contributed by atoms with Gasteiger partial charge in [0.2, 0.25) is 0 Å². The minimum absolute atomic E-state index is 0.0963. The molecule has 2 heterocycles. The van der Waals surface area contributed by atoms with Crippen molar-refractivity contribution in [3.63, 3.8) is 0 Å². The number of hydrogen-bond acceptors (Lipinski definition) is 4. The van der Waals surface area contributed by atoms with Crippen LogP contribution < -0.4 is 4.72 Å². The summed E-state index contributed by atoms with van der Waals surface area (Å²) in [4.78, 5) is 4.25. The van der Waals surface area contributed by atoms with Crippen molar-refractivity contribution in [3.8, 4) is 5.82 Å². The highest BCUT2D eigenvalue weighted by Gasteiger charge is 2.28. The lowest BCUT2D eigenvalue weighted by Gasteiger charge is -2.26. The predicted molar refractivity (Wildman–Crippen MR) is 80.8 cm³/mol. The molecule has 0 fully saturated rings. The van der Waals surface area contributed by atoms with Crippen molar-refractivity contribution in [2.45, 2.75) is 38.5 Å². The van der Waals surface area contributed by atoms with Crippen molar-refractivity contribution in [1.29, 1.82) is 0 Å². The highest BCUT2D eigenvalue weighted by atomic mass is 32.2. The molecule has 2 rings (SSSR count). The predicted octanol–water partition coefficient (Wildman–Crippen LogP) is 2.52. The maximum atomic E-state index is 12.9. The lowest BCUT2D eigenvalue weighted by atomic mass is 10.1. The first-order valence-corrected chi connectivity index (χ1v) is 7.77. The Hall–Kier alpha value is -1.44. The second-order valence-electron chi connectivity index (χ2n) is 5.77. The Morgan fingerprint density at radius 1 is 1.33 bits per heavy atom. The Labute approximate surface area is 126 Å². The average molecular weight is 310 g/mol. The van der Waals surface area contributed by atoms with Crippen LogP contribution in [-0.4, -0.2) is 24.1 Å². The summed E-state index contributed by atoms with van der Waals surface area (Å²) in [6.07, 6.45) is 4.07. The van der Waals surface area contributed by atoms with E-state index in [4.69, 9.17) is 0 Å². The number of nitrogens with one attached hydrogen (secondary N) is 1. The van der Waals surface area contributed by atoms with E-state index >= 15 is 0 Å². The van der Waals surface area contributed by atoms with Crippen LogP contribution in [0.1, 0.15) is 39.3 Å². The molecule has 0 aliphatic rings. The van der Waals surface area contributed by atoms with E-state index in [1.165, 1.54) is 10.9 Å². The van der Waals surface area contributed by atoms with E-state index in [-0.39, 0.29) is 10.8 Å². The summed E-state index contributed by atoms with van der Waals surface area (Å²) in [6, 6.07) is 3.51. The number of halogens is 1. The van der Waals surface area contributed by atoms with Crippen LogP contribution in [0.2, 0.25) is 0 Å². The largest absolute Gasteiger partial charge is 0.598 e. The van der Waals surface area contributed by atoms with E-state index in [2.05, 4.69) is 14.8 Å². The molecule has 114 valence electrons. The maximum Gasteiger partial charge on any atom is 0.161 e. The molecule has 5 nitrogen and oxygen atoms in total. The summed E-state index contributed by atoms with van der Waals surface area (Å²) in [6.45, 7) is 7.66. The fraction of sp³-hybridized carbons (Fsp3) is 0.429. The molecular formula is C14H19FN4OS. The zero-order chi connectivity index (χ0) is 15.6. The minimum Gasteiger partial charge on any atom is -0.598 e. The van der Waals surface area contributed by atoms with E-state index < -0.39 is 17.2 Å². The van der Waals surface area contributed by atoms with Crippen molar-refractivity contribution in [2.75, 3.05) is 0 Å². The summed E-state index contributed by atoms with van der Waals surface area (Å²) < 4.78 is 29.1. The van der Waals surface area contributed by atoms with Gasteiger partial charge in [0.25, 0.3) is 0 Å². The molecule has 7 heteroatoms. The third kappa shape index (κ3) is 4.03. The van der Waals surface area contributed by atoms with Crippen LogP contribution in [0.4, 0.5) is 4.39 Å². The summed E-state index contributed by atoms with van der Waals surface area (Å²) in [5.74, 6) is 0.128. The molecule has 0 saturated carbocycles. The topological polar surface area (TPSA) is 65.8 Å². The van der Waals surface area contributed by atoms with E-state index in [0.717, 1.165) is 11.8 Å². The van der Waals surface area contributed by atoms with Crippen molar-refractivity contribution in [2.24, 2.45) is 0 Å². The van der Waals surface area contributed by atoms with Crippen molar-refractivity contribution >= 4 is 11.4 Å². The van der Waals surface area contributed by atoms with Crippen LogP contribution in [0.15, 0.2) is 30.7 Å². The van der Waals surface area contributed by atoms with E-state index in [0.29, 0.717) is 5.82 Å². The highest BCUT2D eigenvalue weighted by molar-refractivity contribution is 7.90. The van der Waals surface area contributed by atoms with Gasteiger partial charge in [0.05, 0.1) is 18.4 Å². The molecule has 0 aromatic carbocycles. The molecule has 1 N–H and O–H groups in total. The van der Waals surface area contributed by atoms with E-state index in [1.54, 1.807) is 12.3 Å². The Morgan fingerprint density at radius 3 is 2.52 bits per heavy atom. The molecule has 21 heavy (non-hydrogen) atoms. The number of nitrogens with zero attached hydrogens (tertiary/aromatic N) is 3. The number of hydrogen-bond donors (Lipinski definition) is 1. The molecule has 0 aliphatic heterocycles. The summed E-state index contributed by atoms with van der Waals surface area (Å²) in [5.41, 5.74) is 0.906. The monoisotopic (exact) mass is 310 g/mol. The first-order valence-electron chi connectivity index (χ1n) is 6.62. The summed E-state index contributed by atoms with van der Waals surface area (Å²) in [7, 11) is 0. The van der Waals surface area contributed by atoms with Crippen LogP contribution in [0.25, 0.3) is 5.82 Å². The first kappa shape index (κ1) is 15.9. The second-order valence-corrected chi connectivity index (χ2v) is 7.77. The Morgan fingerprint density at radius 2 is 2.05 bits per heavy atom. The first-order chi connectivity index (χ1) is 9.77. The van der Waals surface area contributed by atoms with Gasteiger partial charge in [-0.25, -0.2) is 14.1 Å². The normalized spacial score (nSPS) is 15.0. The van der Waals surface area contributed by atoms with Gasteiger partial charge in [0, 0.05) is 17.6 Å². The van der Waals surface area contributed by atoms with Gasteiger partial charge in [-0.15, -0.1) is 4.72 Å². The van der Waals surface area contributed by atoms with Crippen LogP contribution in [-0.2, 0) is 11.4 Å². The lowest BCUT2D eigenvalue weighted by Crippen LogP contribution is -2.40. The average Bonchev–Trinajstić information content (AvgIpc) is 2.84. The standard InChI is InChI=1S/C14H19FN4OS/c1-10(18-21(20)14(2,3)4)11-5-6-13(16-7-11)19-9-12(15)8-17-19/h5-10,18H,1-4H3/t10-,21-/m0/s1. The van der Waals surface area contributed by atoms with Gasteiger partial charge in [-0.1, -0.05) is 6.07 Å². The van der Waals surface area contributed by atoms with Crippen molar-refractivity contribution in [3.05, 3.63) is 42.1 Å². The van der Waals surface area contributed by atoms with Crippen LogP contribution in [0.5, 0.6) is 0 Å². The third-order valence-corrected chi connectivity index (χ3v) is 4.58. The lowest BCUT2D eigenvalue weighted by molar-refractivity contribution is 0.531. The smallest absolute Gasteiger partial charge is 0.161 e. The Kier molecular flexibility index (Phi) is 4.65. The zero-order valence-electron chi connectivity index (χ0n) is 12.5. The third-order valence-electron chi connectivity index (χ3n) is 2.90. The fourth-order valence-corrected chi connectivity index (χ4v) is 2.43. The molecule has 0 radical (unpaired) electrons. The zero-order valence-corrected chi connectivity index (χ0v) is 13.3. The molecule has 0 saturated heterocycles. The minimum atomic E-state index is -1.15. The van der Waals surface area contributed by atoms with E-state index in [1.807, 2.05) is 33.8 Å². The molecule has 0 amide bonds. The number of rotatable bonds is 4. The van der Waals surface area contributed by atoms with Crippen molar-refractivity contribution < 1.29 is 8.94 Å². The van der Waals surface area contributed by atoms with Crippen LogP contribution in [0.3, 0.4) is 0 Å². The fourth-order valence-electron chi connectivity index (χ4n) is 1.62. The Bertz CT molecular complexity index is 594. The van der Waals surface area contributed by atoms with Crippen LogP contribution >= 0.6 is 0 Å². The summed E-state index contributed by atoms with van der Waals surface area (Å²) in [5, 5.41) is 3.86. The molecule has 2 atom stereocenters. The number of aromatic nitrogens is 3. The molecule has 0 aliphatic carbocycles.